The van der Waals surface area contributed by atoms with Crippen LogP contribution in [0.3, 0.4) is 0 Å². The summed E-state index contributed by atoms with van der Waals surface area (Å²) in [6, 6.07) is 1.64. The fourth-order valence-electron chi connectivity index (χ4n) is 4.41. The van der Waals surface area contributed by atoms with Gasteiger partial charge in [-0.3, -0.25) is 4.79 Å². The molecule has 1 aromatic carbocycles. The number of carbonyl (C=O) groups is 1. The number of benzene rings is 1. The van der Waals surface area contributed by atoms with Gasteiger partial charge in [0.05, 0.1) is 10.9 Å². The zero-order valence-corrected chi connectivity index (χ0v) is 14.2. The molecule has 2 N–H and O–H groups in total. The Morgan fingerprint density at radius 2 is 1.88 bits per heavy atom. The molecule has 0 bridgehead atoms. The summed E-state index contributed by atoms with van der Waals surface area (Å²) in [7, 11) is 0. The van der Waals surface area contributed by atoms with Crippen molar-refractivity contribution in [1.82, 2.24) is 0 Å². The van der Waals surface area contributed by atoms with Gasteiger partial charge in [0.25, 0.3) is 0 Å². The molecule has 0 saturated heterocycles. The van der Waals surface area contributed by atoms with Crippen LogP contribution in [0.1, 0.15) is 48.9 Å². The second kappa shape index (κ2) is 4.32. The second-order valence-corrected chi connectivity index (χ2v) is 7.63. The Hall–Kier alpha value is -2.49. The van der Waals surface area contributed by atoms with Crippen LogP contribution in [0.5, 0.6) is 11.5 Å². The van der Waals surface area contributed by atoms with Crippen molar-refractivity contribution in [2.75, 3.05) is 0 Å². The lowest BCUT2D eigenvalue weighted by molar-refractivity contribution is 0.103. The van der Waals surface area contributed by atoms with E-state index < -0.39 is 5.41 Å². The Morgan fingerprint density at radius 3 is 2.58 bits per heavy atom. The van der Waals surface area contributed by atoms with Gasteiger partial charge >= 0.3 is 0 Å². The predicted molar refractivity (Wildman–Crippen MR) is 91.6 cm³/mol. The third kappa shape index (κ3) is 1.66. The van der Waals surface area contributed by atoms with Crippen molar-refractivity contribution < 1.29 is 19.4 Å². The molecule has 2 aliphatic rings. The minimum atomic E-state index is -0.558. The van der Waals surface area contributed by atoms with Crippen molar-refractivity contribution in [3.8, 4) is 11.5 Å². The average molecular weight is 324 g/mol. The Kier molecular flexibility index (Phi) is 2.71. The predicted octanol–water partition coefficient (Wildman–Crippen LogP) is 4.52. The van der Waals surface area contributed by atoms with E-state index in [0.29, 0.717) is 23.1 Å². The van der Waals surface area contributed by atoms with E-state index >= 15 is 0 Å². The first-order chi connectivity index (χ1) is 11.2. The van der Waals surface area contributed by atoms with Gasteiger partial charge in [0.15, 0.2) is 17.1 Å². The summed E-state index contributed by atoms with van der Waals surface area (Å²) >= 11 is 0. The number of hydrogen-bond acceptors (Lipinski definition) is 4. The van der Waals surface area contributed by atoms with E-state index in [1.54, 1.807) is 19.1 Å². The average Bonchev–Trinajstić information content (AvgIpc) is 2.88. The fraction of sp³-hybridized carbons (Fsp3) is 0.350. The Morgan fingerprint density at radius 1 is 1.17 bits per heavy atom. The lowest BCUT2D eigenvalue weighted by atomic mass is 9.57. The molecule has 0 unspecified atom stereocenters. The lowest BCUT2D eigenvalue weighted by Gasteiger charge is -2.45. The molecule has 0 saturated carbocycles. The van der Waals surface area contributed by atoms with Crippen molar-refractivity contribution in [3.05, 3.63) is 46.8 Å². The van der Waals surface area contributed by atoms with Gasteiger partial charge in [0, 0.05) is 16.4 Å². The van der Waals surface area contributed by atoms with Crippen LogP contribution in [-0.2, 0) is 5.41 Å². The number of fused-ring (bicyclic) bond motifs is 4. The number of ketones is 1. The third-order valence-corrected chi connectivity index (χ3v) is 5.47. The molecule has 0 radical (unpaired) electrons. The Labute approximate surface area is 140 Å². The molecule has 4 nitrogen and oxygen atoms in total. The van der Waals surface area contributed by atoms with Crippen molar-refractivity contribution in [1.29, 1.82) is 0 Å². The van der Waals surface area contributed by atoms with Crippen LogP contribution in [0.25, 0.3) is 11.0 Å². The summed E-state index contributed by atoms with van der Waals surface area (Å²) in [5.41, 5.74) is 1.01. The summed E-state index contributed by atoms with van der Waals surface area (Å²) in [6.07, 6.45) is 6.45. The lowest BCUT2D eigenvalue weighted by Crippen LogP contribution is -2.39. The molecule has 24 heavy (non-hydrogen) atoms. The van der Waals surface area contributed by atoms with E-state index in [1.165, 1.54) is 0 Å². The first kappa shape index (κ1) is 15.1. The van der Waals surface area contributed by atoms with Gasteiger partial charge in [0.1, 0.15) is 11.5 Å². The number of phenolic OH excluding ortho intramolecular Hbond substituents is 2. The molecule has 1 atom stereocenters. The van der Waals surface area contributed by atoms with E-state index in [0.717, 1.165) is 5.57 Å². The number of rotatable bonds is 0. The molecule has 0 spiro atoms. The van der Waals surface area contributed by atoms with Gasteiger partial charge in [-0.15, -0.1) is 0 Å². The number of carbonyl (C=O) groups excluding carboxylic acids is 1. The molecular weight excluding hydrogens is 304 g/mol. The minimum absolute atomic E-state index is 0.0431. The monoisotopic (exact) mass is 324 g/mol. The molecule has 0 amide bonds. The highest BCUT2D eigenvalue weighted by atomic mass is 16.4. The third-order valence-electron chi connectivity index (χ3n) is 5.47. The molecule has 2 aliphatic carbocycles. The Bertz CT molecular complexity index is 971. The summed E-state index contributed by atoms with van der Waals surface area (Å²) < 4.78 is 5.60. The van der Waals surface area contributed by atoms with Crippen LogP contribution in [0.4, 0.5) is 0 Å². The highest BCUT2D eigenvalue weighted by molar-refractivity contribution is 6.15. The smallest absolute Gasteiger partial charge is 0.190 e. The van der Waals surface area contributed by atoms with Crippen LogP contribution in [-0.4, -0.2) is 16.0 Å². The quantitative estimate of drug-likeness (QED) is 0.552. The van der Waals surface area contributed by atoms with Crippen LogP contribution >= 0.6 is 0 Å². The normalized spacial score (nSPS) is 24.7. The molecule has 4 rings (SSSR count). The van der Waals surface area contributed by atoms with Crippen LogP contribution < -0.4 is 0 Å². The number of aromatic hydroxyl groups is 2. The van der Waals surface area contributed by atoms with Crippen molar-refractivity contribution in [2.24, 2.45) is 5.41 Å². The molecule has 4 heteroatoms. The zero-order chi connectivity index (χ0) is 17.4. The van der Waals surface area contributed by atoms with Crippen molar-refractivity contribution >= 4 is 16.8 Å². The maximum Gasteiger partial charge on any atom is 0.190 e. The minimum Gasteiger partial charge on any atom is -0.506 e. The second-order valence-electron chi connectivity index (χ2n) is 7.63. The summed E-state index contributed by atoms with van der Waals surface area (Å²) in [5, 5.41) is 22.0. The number of aryl methyl sites for hydroxylation is 1. The molecule has 124 valence electrons. The van der Waals surface area contributed by atoms with Crippen LogP contribution in [0.15, 0.2) is 34.3 Å². The molecular formula is C20H20O4. The van der Waals surface area contributed by atoms with Gasteiger partial charge in [-0.1, -0.05) is 32.9 Å². The van der Waals surface area contributed by atoms with E-state index in [4.69, 9.17) is 4.42 Å². The summed E-state index contributed by atoms with van der Waals surface area (Å²) in [4.78, 5) is 12.8. The molecule has 2 aromatic rings. The van der Waals surface area contributed by atoms with Crippen molar-refractivity contribution in [3.63, 3.8) is 0 Å². The largest absolute Gasteiger partial charge is 0.506 e. The molecule has 0 fully saturated rings. The molecule has 1 heterocycles. The van der Waals surface area contributed by atoms with Crippen LogP contribution in [0.2, 0.25) is 0 Å². The number of allylic oxidation sites excluding steroid dienone is 4. The highest BCUT2D eigenvalue weighted by Crippen LogP contribution is 2.57. The highest BCUT2D eigenvalue weighted by Gasteiger charge is 2.48. The Balaban J connectivity index is 2.16. The fourth-order valence-corrected chi connectivity index (χ4v) is 4.41. The van der Waals surface area contributed by atoms with Gasteiger partial charge in [-0.2, -0.15) is 0 Å². The van der Waals surface area contributed by atoms with Gasteiger partial charge in [-0.25, -0.2) is 0 Å². The summed E-state index contributed by atoms with van der Waals surface area (Å²) in [5.74, 6) is 0.156. The van der Waals surface area contributed by atoms with Gasteiger partial charge < -0.3 is 14.6 Å². The SMILES string of the molecule is Cc1cc2c(O)c3c(c(O)c2o1)[C@@]1(C)CC=CC(C)(C)C1=CC3=O. The number of hydrogen-bond donors (Lipinski definition) is 2. The summed E-state index contributed by atoms with van der Waals surface area (Å²) in [6.45, 7) is 7.86. The standard InChI is InChI=1S/C20H20O4/c1-10-8-11-16(22)14-12(21)9-13-19(2,3)6-5-7-20(13,4)15(14)17(23)18(11)24-10/h5-6,8-9,22-23H,7H2,1-4H3/t20-/m0/s1. The topological polar surface area (TPSA) is 70.7 Å². The maximum atomic E-state index is 12.8. The van der Waals surface area contributed by atoms with Gasteiger partial charge in [-0.05, 0) is 31.1 Å². The maximum absolute atomic E-state index is 12.8. The zero-order valence-electron chi connectivity index (χ0n) is 14.2. The first-order valence-electron chi connectivity index (χ1n) is 8.10. The van der Waals surface area contributed by atoms with E-state index in [1.807, 2.05) is 6.92 Å². The van der Waals surface area contributed by atoms with E-state index in [9.17, 15) is 15.0 Å². The van der Waals surface area contributed by atoms with Crippen LogP contribution in [0, 0.1) is 12.3 Å². The first-order valence-corrected chi connectivity index (χ1v) is 8.10. The van der Waals surface area contributed by atoms with E-state index in [-0.39, 0.29) is 33.8 Å². The van der Waals surface area contributed by atoms with Gasteiger partial charge in [0.2, 0.25) is 0 Å². The van der Waals surface area contributed by atoms with Crippen molar-refractivity contribution in [2.45, 2.75) is 39.5 Å². The van der Waals surface area contributed by atoms with E-state index in [2.05, 4.69) is 26.0 Å². The molecule has 0 aliphatic heterocycles. The molecule has 1 aromatic heterocycles. The number of furan rings is 1. The number of phenols is 2.